The van der Waals surface area contributed by atoms with Gasteiger partial charge in [-0.1, -0.05) is 92.4 Å². The van der Waals surface area contributed by atoms with Crippen LogP contribution in [0.1, 0.15) is 121 Å². The molecule has 0 heterocycles. The maximum absolute atomic E-state index is 6.98. The fourth-order valence-electron chi connectivity index (χ4n) is 7.33. The van der Waals surface area contributed by atoms with Gasteiger partial charge in [-0.2, -0.15) is 0 Å². The molecule has 7 atom stereocenters. The largest absolute Gasteiger partial charge is 0.314 e. The van der Waals surface area contributed by atoms with Crippen molar-refractivity contribution in [2.75, 3.05) is 0 Å². The van der Waals surface area contributed by atoms with E-state index in [9.17, 15) is 0 Å². The molecule has 0 saturated heterocycles. The Balaban J connectivity index is 2.09. The number of nitrogens with two attached hydrogens (primary N) is 1. The van der Waals surface area contributed by atoms with E-state index in [1.54, 1.807) is 5.57 Å². The van der Waals surface area contributed by atoms with Crippen molar-refractivity contribution >= 4 is 0 Å². The van der Waals surface area contributed by atoms with Gasteiger partial charge in [-0.25, -0.2) is 0 Å². The van der Waals surface area contributed by atoms with Crippen LogP contribution in [-0.4, -0.2) is 11.7 Å². The lowest BCUT2D eigenvalue weighted by atomic mass is 9.71. The first-order valence-electron chi connectivity index (χ1n) is 14.6. The van der Waals surface area contributed by atoms with Gasteiger partial charge in [0.1, 0.15) is 0 Å². The highest BCUT2D eigenvalue weighted by Gasteiger charge is 2.39. The molecule has 4 unspecified atom stereocenters. The van der Waals surface area contributed by atoms with Gasteiger partial charge < -0.3 is 5.73 Å². The normalized spacial score (nSPS) is 28.5. The Kier molecular flexibility index (Phi) is 11.0. The summed E-state index contributed by atoms with van der Waals surface area (Å²) in [5.74, 6) is 4.08. The number of nitrogens with one attached hydrogen (secondary N) is 1. The standard InChI is InChI=1S/C32H59N2/c1-11-13-26(12-2)24(6)21-32(10,33)34-30(22(3)4)25(7)27-16-17-29(31(8,9)19-18-27)28-15-14-23(5)20-28/h14-15,20,22,24-27,29-30,34H,11-13,16-19,21,33H2,1-10H3/t24-,25-,26?,27?,29?,30+,32?/m0/s1. The number of allylic oxidation sites excluding steroid dienone is 4. The highest BCUT2D eigenvalue weighted by Crippen LogP contribution is 2.48. The molecule has 0 aromatic carbocycles. The van der Waals surface area contributed by atoms with Crippen molar-refractivity contribution in [1.29, 1.82) is 0 Å². The van der Waals surface area contributed by atoms with Crippen molar-refractivity contribution < 1.29 is 0 Å². The summed E-state index contributed by atoms with van der Waals surface area (Å²) in [5.41, 5.74) is 9.99. The van der Waals surface area contributed by atoms with Crippen molar-refractivity contribution in [3.63, 3.8) is 0 Å². The van der Waals surface area contributed by atoms with Crippen LogP contribution in [0.25, 0.3) is 0 Å². The summed E-state index contributed by atoms with van der Waals surface area (Å²) >= 11 is 0. The van der Waals surface area contributed by atoms with Crippen molar-refractivity contribution in [3.8, 4) is 0 Å². The van der Waals surface area contributed by atoms with Gasteiger partial charge in [0.05, 0.1) is 5.66 Å². The van der Waals surface area contributed by atoms with Gasteiger partial charge in [0.15, 0.2) is 0 Å². The summed E-state index contributed by atoms with van der Waals surface area (Å²) < 4.78 is 0. The maximum Gasteiger partial charge on any atom is 0.0637 e. The van der Waals surface area contributed by atoms with Gasteiger partial charge in [0.2, 0.25) is 0 Å². The maximum atomic E-state index is 6.98. The average molecular weight is 472 g/mol. The van der Waals surface area contributed by atoms with E-state index >= 15 is 0 Å². The van der Waals surface area contributed by atoms with Gasteiger partial charge in [-0.05, 0) is 92.4 Å². The van der Waals surface area contributed by atoms with E-state index in [1.165, 1.54) is 50.5 Å². The lowest BCUT2D eigenvalue weighted by Crippen LogP contribution is -2.59. The highest BCUT2D eigenvalue weighted by molar-refractivity contribution is 5.42. The third kappa shape index (κ3) is 7.95. The highest BCUT2D eigenvalue weighted by atomic mass is 15.1. The molecule has 0 amide bonds. The molecule has 1 radical (unpaired) electrons. The second kappa shape index (κ2) is 12.6. The van der Waals surface area contributed by atoms with Crippen LogP contribution >= 0.6 is 0 Å². The molecule has 0 spiro atoms. The molecule has 2 aliphatic carbocycles. The predicted octanol–water partition coefficient (Wildman–Crippen LogP) is 8.69. The van der Waals surface area contributed by atoms with E-state index in [4.69, 9.17) is 5.73 Å². The van der Waals surface area contributed by atoms with E-state index in [1.807, 2.05) is 0 Å². The Labute approximate surface area is 214 Å². The lowest BCUT2D eigenvalue weighted by molar-refractivity contribution is 0.137. The molecule has 34 heavy (non-hydrogen) atoms. The third-order valence-electron chi connectivity index (χ3n) is 9.52. The minimum Gasteiger partial charge on any atom is -0.314 e. The van der Waals surface area contributed by atoms with E-state index in [0.29, 0.717) is 35.1 Å². The first-order chi connectivity index (χ1) is 15.8. The summed E-state index contributed by atoms with van der Waals surface area (Å²) in [6, 6.07) is 0.458. The third-order valence-corrected chi connectivity index (χ3v) is 9.52. The molecule has 197 valence electrons. The second-order valence-electron chi connectivity index (χ2n) is 13.5. The molecule has 2 rings (SSSR count). The molecule has 0 bridgehead atoms. The minimum absolute atomic E-state index is 0.316. The Morgan fingerprint density at radius 3 is 2.32 bits per heavy atom. The molecule has 3 N–H and O–H groups in total. The SMILES string of the molecule is CCCC(CC)[C@@H](C)CC(C)(N)N[C@H](C(C)C)[C@@H](C)C1CCC(C2=C[CH]C(C)=C2)C(C)(C)CC1. The molecule has 0 aromatic heterocycles. The second-order valence-corrected chi connectivity index (χ2v) is 13.5. The molecular weight excluding hydrogens is 412 g/mol. The smallest absolute Gasteiger partial charge is 0.0637 e. The summed E-state index contributed by atoms with van der Waals surface area (Å²) in [6.07, 6.45) is 17.3. The quantitative estimate of drug-likeness (QED) is 0.221. The molecule has 0 aliphatic heterocycles. The molecule has 2 heteroatoms. The molecule has 0 aromatic rings. The van der Waals surface area contributed by atoms with Gasteiger partial charge in [-0.3, -0.25) is 5.32 Å². The van der Waals surface area contributed by atoms with Gasteiger partial charge in [0, 0.05) is 12.5 Å². The van der Waals surface area contributed by atoms with E-state index in [2.05, 4.69) is 93.1 Å². The Morgan fingerprint density at radius 1 is 1.12 bits per heavy atom. The van der Waals surface area contributed by atoms with E-state index in [-0.39, 0.29) is 5.66 Å². The lowest BCUT2D eigenvalue weighted by Gasteiger charge is -2.41. The zero-order chi connectivity index (χ0) is 25.7. The minimum atomic E-state index is -0.316. The van der Waals surface area contributed by atoms with Gasteiger partial charge in [-0.15, -0.1) is 0 Å². The Bertz CT molecular complexity index is 683. The van der Waals surface area contributed by atoms with Crippen LogP contribution in [-0.2, 0) is 0 Å². The summed E-state index contributed by atoms with van der Waals surface area (Å²) in [6.45, 7) is 23.8. The number of rotatable bonds is 12. The van der Waals surface area contributed by atoms with Crippen LogP contribution < -0.4 is 11.1 Å². The summed E-state index contributed by atoms with van der Waals surface area (Å²) in [4.78, 5) is 0. The topological polar surface area (TPSA) is 38.0 Å². The monoisotopic (exact) mass is 471 g/mol. The Hall–Kier alpha value is -0.600. The summed E-state index contributed by atoms with van der Waals surface area (Å²) in [7, 11) is 0. The fourth-order valence-corrected chi connectivity index (χ4v) is 7.33. The molecule has 2 aliphatic rings. The molecule has 2 nitrogen and oxygen atoms in total. The van der Waals surface area contributed by atoms with Crippen molar-refractivity contribution in [3.05, 3.63) is 29.7 Å². The zero-order valence-corrected chi connectivity index (χ0v) is 24.5. The number of hydrogen-bond donors (Lipinski definition) is 2. The first kappa shape index (κ1) is 29.6. The van der Waals surface area contributed by atoms with Crippen molar-refractivity contribution in [2.45, 2.75) is 132 Å². The van der Waals surface area contributed by atoms with Crippen LogP contribution in [0.3, 0.4) is 0 Å². The Morgan fingerprint density at radius 2 is 1.79 bits per heavy atom. The van der Waals surface area contributed by atoms with Crippen LogP contribution in [0.2, 0.25) is 0 Å². The van der Waals surface area contributed by atoms with Gasteiger partial charge in [0.25, 0.3) is 0 Å². The van der Waals surface area contributed by atoms with Crippen LogP contribution in [0.5, 0.6) is 0 Å². The molecule has 1 saturated carbocycles. The van der Waals surface area contributed by atoms with E-state index in [0.717, 1.165) is 18.3 Å². The van der Waals surface area contributed by atoms with Crippen LogP contribution in [0, 0.1) is 47.3 Å². The molecular formula is C32H59N2. The first-order valence-corrected chi connectivity index (χ1v) is 14.6. The number of hydrogen-bond acceptors (Lipinski definition) is 2. The predicted molar refractivity (Wildman–Crippen MR) is 151 cm³/mol. The molecule has 1 fully saturated rings. The van der Waals surface area contributed by atoms with Crippen LogP contribution in [0.4, 0.5) is 0 Å². The summed E-state index contributed by atoms with van der Waals surface area (Å²) in [5, 5.41) is 4.01. The van der Waals surface area contributed by atoms with Crippen molar-refractivity contribution in [1.82, 2.24) is 5.32 Å². The average Bonchev–Trinajstić information content (AvgIpc) is 3.09. The van der Waals surface area contributed by atoms with Crippen LogP contribution in [0.15, 0.2) is 23.3 Å². The van der Waals surface area contributed by atoms with E-state index < -0.39 is 0 Å². The zero-order valence-electron chi connectivity index (χ0n) is 24.5. The van der Waals surface area contributed by atoms with Crippen molar-refractivity contribution in [2.24, 2.45) is 46.7 Å². The fraction of sp³-hybridized carbons (Fsp3) is 0.844. The van der Waals surface area contributed by atoms with Gasteiger partial charge >= 0.3 is 0 Å².